The van der Waals surface area contributed by atoms with E-state index in [1.165, 1.54) is 0 Å². The fourth-order valence-corrected chi connectivity index (χ4v) is 1.71. The van der Waals surface area contributed by atoms with Gasteiger partial charge in [-0.1, -0.05) is 35.5 Å². The van der Waals surface area contributed by atoms with Crippen LogP contribution in [0.4, 0.5) is 0 Å². The van der Waals surface area contributed by atoms with Crippen molar-refractivity contribution in [3.05, 3.63) is 66.0 Å². The van der Waals surface area contributed by atoms with Gasteiger partial charge >= 0.3 is 0 Å². The first-order valence-electron chi connectivity index (χ1n) is 6.58. The highest BCUT2D eigenvalue weighted by Gasteiger charge is 2.07. The van der Waals surface area contributed by atoms with Gasteiger partial charge in [-0.3, -0.25) is 4.98 Å². The van der Waals surface area contributed by atoms with Crippen LogP contribution in [0.25, 0.3) is 0 Å². The van der Waals surface area contributed by atoms with Crippen LogP contribution >= 0.6 is 0 Å². The van der Waals surface area contributed by atoms with Crippen molar-refractivity contribution in [2.45, 2.75) is 0 Å². The van der Waals surface area contributed by atoms with E-state index in [1.807, 2.05) is 56.6 Å². The topological polar surface area (TPSA) is 37.7 Å². The molecule has 0 aliphatic heterocycles. The highest BCUT2D eigenvalue weighted by Crippen LogP contribution is 2.10. The average molecular weight is 269 g/mol. The molecule has 0 saturated carbocycles. The predicted octanol–water partition coefficient (Wildman–Crippen LogP) is 2.41. The molecule has 1 heterocycles. The van der Waals surface area contributed by atoms with E-state index in [0.29, 0.717) is 6.61 Å². The average Bonchev–Trinajstić information content (AvgIpc) is 2.49. The van der Waals surface area contributed by atoms with Gasteiger partial charge in [0, 0.05) is 30.1 Å². The van der Waals surface area contributed by atoms with Crippen LogP contribution < -0.4 is 0 Å². The van der Waals surface area contributed by atoms with Gasteiger partial charge in [-0.25, -0.2) is 0 Å². The predicted molar refractivity (Wildman–Crippen MR) is 80.8 cm³/mol. The Hall–Kier alpha value is -2.20. The van der Waals surface area contributed by atoms with Gasteiger partial charge in [-0.2, -0.15) is 0 Å². The highest BCUT2D eigenvalue weighted by molar-refractivity contribution is 6.12. The first-order chi connectivity index (χ1) is 9.77. The normalized spacial score (nSPS) is 11.7. The van der Waals surface area contributed by atoms with E-state index in [4.69, 9.17) is 4.84 Å². The third-order valence-electron chi connectivity index (χ3n) is 2.79. The van der Waals surface area contributed by atoms with Crippen molar-refractivity contribution in [3.63, 3.8) is 0 Å². The summed E-state index contributed by atoms with van der Waals surface area (Å²) in [6, 6.07) is 13.9. The molecule has 2 rings (SSSR count). The summed E-state index contributed by atoms with van der Waals surface area (Å²) in [4.78, 5) is 11.5. The van der Waals surface area contributed by atoms with Crippen molar-refractivity contribution in [2.75, 3.05) is 27.2 Å². The minimum absolute atomic E-state index is 0.564. The molecule has 1 aromatic carbocycles. The second-order valence-electron chi connectivity index (χ2n) is 4.68. The van der Waals surface area contributed by atoms with Crippen molar-refractivity contribution < 1.29 is 4.84 Å². The van der Waals surface area contributed by atoms with Gasteiger partial charge < -0.3 is 9.74 Å². The summed E-state index contributed by atoms with van der Waals surface area (Å²) in [5, 5.41) is 4.30. The molecule has 0 saturated heterocycles. The van der Waals surface area contributed by atoms with E-state index in [2.05, 4.69) is 15.0 Å². The summed E-state index contributed by atoms with van der Waals surface area (Å²) in [7, 11) is 4.02. The van der Waals surface area contributed by atoms with Gasteiger partial charge in [0.15, 0.2) is 0 Å². The van der Waals surface area contributed by atoms with Gasteiger partial charge in [0.1, 0.15) is 12.3 Å². The molecular weight excluding hydrogens is 250 g/mol. The van der Waals surface area contributed by atoms with Gasteiger partial charge in [0.05, 0.1) is 0 Å². The number of hydrogen-bond acceptors (Lipinski definition) is 4. The Balaban J connectivity index is 2.19. The largest absolute Gasteiger partial charge is 0.394 e. The molecule has 0 N–H and O–H groups in total. The Bertz CT molecular complexity index is 497. The quantitative estimate of drug-likeness (QED) is 0.459. The number of aromatic nitrogens is 1. The van der Waals surface area contributed by atoms with Crippen LogP contribution in [0.15, 0.2) is 60.0 Å². The lowest BCUT2D eigenvalue weighted by Gasteiger charge is -2.10. The molecule has 0 fully saturated rings. The van der Waals surface area contributed by atoms with Crippen LogP contribution in [0, 0.1) is 0 Å². The van der Waals surface area contributed by atoms with Crippen LogP contribution in [-0.4, -0.2) is 42.8 Å². The third kappa shape index (κ3) is 4.17. The highest BCUT2D eigenvalue weighted by atomic mass is 16.6. The van der Waals surface area contributed by atoms with Gasteiger partial charge in [0.25, 0.3) is 0 Å². The Morgan fingerprint density at radius 3 is 2.35 bits per heavy atom. The maximum Gasteiger partial charge on any atom is 0.129 e. The van der Waals surface area contributed by atoms with E-state index in [0.717, 1.165) is 23.4 Å². The maximum atomic E-state index is 5.44. The van der Waals surface area contributed by atoms with Crippen molar-refractivity contribution in [1.82, 2.24) is 9.88 Å². The molecule has 4 nitrogen and oxygen atoms in total. The lowest BCUT2D eigenvalue weighted by atomic mass is 10.0. The molecule has 0 aliphatic carbocycles. The monoisotopic (exact) mass is 269 g/mol. The molecule has 2 aromatic rings. The standard InChI is InChI=1S/C16H19N3O/c1-19(2)12-13-20-18-16(14-6-4-3-5-7-14)15-8-10-17-11-9-15/h3-11H,12-13H2,1-2H3/b18-16-. The first-order valence-corrected chi connectivity index (χ1v) is 6.58. The number of oxime groups is 1. The number of hydrogen-bond donors (Lipinski definition) is 0. The van der Waals surface area contributed by atoms with Crippen molar-refractivity contribution in [2.24, 2.45) is 5.16 Å². The lowest BCUT2D eigenvalue weighted by Crippen LogP contribution is -2.17. The van der Waals surface area contributed by atoms with Crippen LogP contribution in [0.3, 0.4) is 0 Å². The van der Waals surface area contributed by atoms with Crippen LogP contribution in [0.2, 0.25) is 0 Å². The SMILES string of the molecule is CN(C)CCO/N=C(/c1ccccc1)c1ccncc1. The van der Waals surface area contributed by atoms with E-state index < -0.39 is 0 Å². The Kier molecular flexibility index (Phi) is 5.26. The summed E-state index contributed by atoms with van der Waals surface area (Å²) in [5.41, 5.74) is 2.85. The Morgan fingerprint density at radius 2 is 1.70 bits per heavy atom. The van der Waals surface area contributed by atoms with Gasteiger partial charge in [-0.15, -0.1) is 0 Å². The van der Waals surface area contributed by atoms with Gasteiger partial charge in [0.2, 0.25) is 0 Å². The van der Waals surface area contributed by atoms with E-state index >= 15 is 0 Å². The summed E-state index contributed by atoms with van der Waals surface area (Å²) >= 11 is 0. The first kappa shape index (κ1) is 14.2. The Labute approximate surface area is 119 Å². The van der Waals surface area contributed by atoms with E-state index in [-0.39, 0.29) is 0 Å². The molecule has 4 heteroatoms. The maximum absolute atomic E-state index is 5.44. The summed E-state index contributed by atoms with van der Waals surface area (Å²) in [6.07, 6.45) is 3.52. The number of pyridine rings is 1. The molecule has 0 unspecified atom stereocenters. The van der Waals surface area contributed by atoms with Crippen LogP contribution in [0.1, 0.15) is 11.1 Å². The fraction of sp³-hybridized carbons (Fsp3) is 0.250. The van der Waals surface area contributed by atoms with Gasteiger partial charge in [-0.05, 0) is 26.2 Å². The van der Waals surface area contributed by atoms with Crippen molar-refractivity contribution in [1.29, 1.82) is 0 Å². The van der Waals surface area contributed by atoms with Crippen LogP contribution in [-0.2, 0) is 4.84 Å². The minimum atomic E-state index is 0.564. The zero-order valence-electron chi connectivity index (χ0n) is 11.9. The number of rotatable bonds is 6. The fourth-order valence-electron chi connectivity index (χ4n) is 1.71. The molecule has 0 aliphatic rings. The Morgan fingerprint density at radius 1 is 1.05 bits per heavy atom. The van der Waals surface area contributed by atoms with E-state index in [1.54, 1.807) is 12.4 Å². The molecule has 0 amide bonds. The van der Waals surface area contributed by atoms with Crippen LogP contribution in [0.5, 0.6) is 0 Å². The molecule has 0 atom stereocenters. The summed E-state index contributed by atoms with van der Waals surface area (Å²) in [6.45, 7) is 1.40. The zero-order valence-corrected chi connectivity index (χ0v) is 11.9. The van der Waals surface area contributed by atoms with Crippen molar-refractivity contribution in [3.8, 4) is 0 Å². The molecule has 1 aromatic heterocycles. The summed E-state index contributed by atoms with van der Waals surface area (Å²) < 4.78 is 0. The molecule has 0 spiro atoms. The molecule has 0 radical (unpaired) electrons. The van der Waals surface area contributed by atoms with E-state index in [9.17, 15) is 0 Å². The minimum Gasteiger partial charge on any atom is -0.394 e. The molecule has 0 bridgehead atoms. The zero-order chi connectivity index (χ0) is 14.2. The molecule has 104 valence electrons. The number of benzene rings is 1. The van der Waals surface area contributed by atoms with Crippen molar-refractivity contribution >= 4 is 5.71 Å². The molecular formula is C16H19N3O. The number of nitrogens with zero attached hydrogens (tertiary/aromatic N) is 3. The summed E-state index contributed by atoms with van der Waals surface area (Å²) in [5.74, 6) is 0. The third-order valence-corrected chi connectivity index (χ3v) is 2.79. The second-order valence-corrected chi connectivity index (χ2v) is 4.68. The number of likely N-dealkylation sites (N-methyl/N-ethyl adjacent to an activating group) is 1. The molecule has 20 heavy (non-hydrogen) atoms. The smallest absolute Gasteiger partial charge is 0.129 e. The lowest BCUT2D eigenvalue weighted by molar-refractivity contribution is 0.126. The second kappa shape index (κ2) is 7.40.